The van der Waals surface area contributed by atoms with Crippen molar-refractivity contribution < 1.29 is 4.74 Å². The van der Waals surface area contributed by atoms with Gasteiger partial charge in [-0.3, -0.25) is 9.88 Å². The molecule has 1 fully saturated rings. The fourth-order valence-electron chi connectivity index (χ4n) is 3.96. The summed E-state index contributed by atoms with van der Waals surface area (Å²) in [4.78, 5) is 11.3. The third kappa shape index (κ3) is 3.74. The van der Waals surface area contributed by atoms with Gasteiger partial charge in [-0.25, -0.2) is 4.98 Å². The van der Waals surface area contributed by atoms with Crippen LogP contribution in [0.1, 0.15) is 30.6 Å². The van der Waals surface area contributed by atoms with Crippen molar-refractivity contribution in [1.29, 1.82) is 0 Å². The van der Waals surface area contributed by atoms with E-state index in [9.17, 15) is 0 Å². The zero-order chi connectivity index (χ0) is 18.6. The quantitative estimate of drug-likeness (QED) is 0.662. The first-order chi connectivity index (χ1) is 13.3. The first-order valence-corrected chi connectivity index (χ1v) is 9.63. The van der Waals surface area contributed by atoms with Crippen LogP contribution in [0.15, 0.2) is 55.0 Å². The fraction of sp³-hybridized carbons (Fsp3) is 0.364. The standard InChI is InChI=1S/C22H26N4O/c1-3-27-21-7-5-4-6-19(21)15-25-13-10-20(16-25)26-17(2)14-24-22(26)18-8-11-23-12-9-18/h4-9,11-12,14,20H,3,10,13,15-16H2,1-2H3. The number of ether oxygens (including phenoxy) is 1. The Morgan fingerprint density at radius 2 is 1.96 bits per heavy atom. The number of likely N-dealkylation sites (tertiary alicyclic amines) is 1. The van der Waals surface area contributed by atoms with Crippen LogP contribution in [0.2, 0.25) is 0 Å². The topological polar surface area (TPSA) is 43.2 Å². The van der Waals surface area contributed by atoms with E-state index in [4.69, 9.17) is 4.74 Å². The predicted octanol–water partition coefficient (Wildman–Crippen LogP) is 4.10. The number of nitrogens with zero attached hydrogens (tertiary/aromatic N) is 4. The van der Waals surface area contributed by atoms with Gasteiger partial charge in [0.15, 0.2) is 0 Å². The maximum absolute atomic E-state index is 5.79. The van der Waals surface area contributed by atoms with E-state index in [1.807, 2.05) is 43.7 Å². The van der Waals surface area contributed by atoms with Crippen LogP contribution >= 0.6 is 0 Å². The van der Waals surface area contributed by atoms with E-state index >= 15 is 0 Å². The number of benzene rings is 1. The van der Waals surface area contributed by atoms with Crippen molar-refractivity contribution in [3.63, 3.8) is 0 Å². The van der Waals surface area contributed by atoms with Crippen LogP contribution in [-0.4, -0.2) is 39.1 Å². The molecule has 1 atom stereocenters. The molecule has 0 N–H and O–H groups in total. The lowest BCUT2D eigenvalue weighted by molar-refractivity contribution is 0.296. The number of hydrogen-bond acceptors (Lipinski definition) is 4. The van der Waals surface area contributed by atoms with Gasteiger partial charge in [0.1, 0.15) is 11.6 Å². The summed E-state index contributed by atoms with van der Waals surface area (Å²) >= 11 is 0. The van der Waals surface area contributed by atoms with Gasteiger partial charge in [-0.15, -0.1) is 0 Å². The smallest absolute Gasteiger partial charge is 0.140 e. The number of pyridine rings is 1. The summed E-state index contributed by atoms with van der Waals surface area (Å²) in [7, 11) is 0. The van der Waals surface area contributed by atoms with Gasteiger partial charge >= 0.3 is 0 Å². The monoisotopic (exact) mass is 362 g/mol. The molecule has 1 aliphatic rings. The Bertz CT molecular complexity index is 890. The van der Waals surface area contributed by atoms with E-state index in [-0.39, 0.29) is 0 Å². The van der Waals surface area contributed by atoms with Crippen LogP contribution in [-0.2, 0) is 6.54 Å². The van der Waals surface area contributed by atoms with E-state index in [0.717, 1.165) is 43.2 Å². The van der Waals surface area contributed by atoms with Crippen LogP contribution in [0.5, 0.6) is 5.75 Å². The Balaban J connectivity index is 1.52. The molecule has 0 radical (unpaired) electrons. The highest BCUT2D eigenvalue weighted by molar-refractivity contribution is 5.55. The second-order valence-corrected chi connectivity index (χ2v) is 7.05. The van der Waals surface area contributed by atoms with Crippen LogP contribution in [0.25, 0.3) is 11.4 Å². The highest BCUT2D eigenvalue weighted by Gasteiger charge is 2.27. The molecule has 140 valence electrons. The van der Waals surface area contributed by atoms with E-state index < -0.39 is 0 Å². The first kappa shape index (κ1) is 17.7. The van der Waals surface area contributed by atoms with E-state index in [1.54, 1.807) is 0 Å². The third-order valence-electron chi connectivity index (χ3n) is 5.20. The summed E-state index contributed by atoms with van der Waals surface area (Å²) in [6, 6.07) is 12.9. The van der Waals surface area contributed by atoms with Crippen LogP contribution in [0, 0.1) is 6.92 Å². The highest BCUT2D eigenvalue weighted by atomic mass is 16.5. The molecule has 1 aromatic carbocycles. The van der Waals surface area contributed by atoms with Crippen molar-refractivity contribution in [1.82, 2.24) is 19.4 Å². The molecule has 5 nitrogen and oxygen atoms in total. The van der Waals surface area contributed by atoms with Crippen LogP contribution in [0.3, 0.4) is 0 Å². The molecule has 1 unspecified atom stereocenters. The average molecular weight is 362 g/mol. The largest absolute Gasteiger partial charge is 0.494 e. The molecule has 0 bridgehead atoms. The lowest BCUT2D eigenvalue weighted by Gasteiger charge is -2.20. The number of para-hydroxylation sites is 1. The zero-order valence-corrected chi connectivity index (χ0v) is 16.0. The molecule has 5 heteroatoms. The van der Waals surface area contributed by atoms with Gasteiger partial charge in [-0.2, -0.15) is 0 Å². The van der Waals surface area contributed by atoms with Gasteiger partial charge in [0, 0.05) is 61.1 Å². The van der Waals surface area contributed by atoms with Crippen LogP contribution < -0.4 is 4.74 Å². The van der Waals surface area contributed by atoms with Gasteiger partial charge in [-0.05, 0) is 38.5 Å². The lowest BCUT2D eigenvalue weighted by atomic mass is 10.2. The zero-order valence-electron chi connectivity index (χ0n) is 16.0. The number of rotatable bonds is 6. The Morgan fingerprint density at radius 3 is 2.78 bits per heavy atom. The molecule has 4 rings (SSSR count). The second kappa shape index (κ2) is 7.92. The summed E-state index contributed by atoms with van der Waals surface area (Å²) in [6.45, 7) is 7.90. The summed E-state index contributed by atoms with van der Waals surface area (Å²) in [6.07, 6.45) is 6.76. The maximum Gasteiger partial charge on any atom is 0.140 e. The molecular formula is C22H26N4O. The molecular weight excluding hydrogens is 336 g/mol. The Morgan fingerprint density at radius 1 is 1.15 bits per heavy atom. The van der Waals surface area contributed by atoms with Crippen molar-refractivity contribution in [2.24, 2.45) is 0 Å². The summed E-state index contributed by atoms with van der Waals surface area (Å²) < 4.78 is 8.19. The summed E-state index contributed by atoms with van der Waals surface area (Å²) in [5, 5.41) is 0. The van der Waals surface area contributed by atoms with Gasteiger partial charge in [-0.1, -0.05) is 18.2 Å². The minimum Gasteiger partial charge on any atom is -0.494 e. The van der Waals surface area contributed by atoms with Gasteiger partial charge in [0.25, 0.3) is 0 Å². The Kier molecular flexibility index (Phi) is 5.21. The molecule has 0 spiro atoms. The van der Waals surface area contributed by atoms with Crippen molar-refractivity contribution >= 4 is 0 Å². The number of hydrogen-bond donors (Lipinski definition) is 0. The lowest BCUT2D eigenvalue weighted by Crippen LogP contribution is -2.22. The predicted molar refractivity (Wildman–Crippen MR) is 107 cm³/mol. The molecule has 27 heavy (non-hydrogen) atoms. The van der Waals surface area contributed by atoms with Crippen molar-refractivity contribution in [3.05, 3.63) is 66.2 Å². The highest BCUT2D eigenvalue weighted by Crippen LogP contribution is 2.31. The van der Waals surface area contributed by atoms with Crippen LogP contribution in [0.4, 0.5) is 0 Å². The second-order valence-electron chi connectivity index (χ2n) is 7.05. The average Bonchev–Trinajstić information content (AvgIpc) is 3.30. The fourth-order valence-corrected chi connectivity index (χ4v) is 3.96. The minimum absolute atomic E-state index is 0.440. The summed E-state index contributed by atoms with van der Waals surface area (Å²) in [5.41, 5.74) is 3.60. The minimum atomic E-state index is 0.440. The molecule has 1 aliphatic heterocycles. The number of aryl methyl sites for hydroxylation is 1. The van der Waals surface area contributed by atoms with E-state index in [1.165, 1.54) is 11.3 Å². The van der Waals surface area contributed by atoms with Crippen molar-refractivity contribution in [2.75, 3.05) is 19.7 Å². The van der Waals surface area contributed by atoms with E-state index in [0.29, 0.717) is 12.6 Å². The van der Waals surface area contributed by atoms with Gasteiger partial charge in [0.05, 0.1) is 6.61 Å². The molecule has 0 amide bonds. The molecule has 0 saturated carbocycles. The molecule has 2 aromatic heterocycles. The number of imidazole rings is 1. The third-order valence-corrected chi connectivity index (χ3v) is 5.20. The molecule has 3 heterocycles. The number of aromatic nitrogens is 3. The molecule has 1 saturated heterocycles. The van der Waals surface area contributed by atoms with E-state index in [2.05, 4.69) is 44.6 Å². The Labute approximate surface area is 160 Å². The van der Waals surface area contributed by atoms with Crippen molar-refractivity contribution in [3.8, 4) is 17.1 Å². The molecule has 3 aromatic rings. The Hall–Kier alpha value is -2.66. The first-order valence-electron chi connectivity index (χ1n) is 9.63. The van der Waals surface area contributed by atoms with Gasteiger partial charge in [0.2, 0.25) is 0 Å². The van der Waals surface area contributed by atoms with Crippen molar-refractivity contribution in [2.45, 2.75) is 32.9 Å². The maximum atomic E-state index is 5.79. The normalized spacial score (nSPS) is 17.3. The van der Waals surface area contributed by atoms with Gasteiger partial charge < -0.3 is 9.30 Å². The summed E-state index contributed by atoms with van der Waals surface area (Å²) in [5.74, 6) is 2.04. The molecule has 0 aliphatic carbocycles. The SMILES string of the molecule is CCOc1ccccc1CN1CCC(n2c(C)cnc2-c2ccncc2)C1.